The summed E-state index contributed by atoms with van der Waals surface area (Å²) in [5, 5.41) is 0. The summed E-state index contributed by atoms with van der Waals surface area (Å²) in [6, 6.07) is 0. The molecule has 0 N–H and O–H groups in total. The summed E-state index contributed by atoms with van der Waals surface area (Å²) in [7, 11) is 2.10. The van der Waals surface area contributed by atoms with Crippen LogP contribution < -0.4 is 0 Å². The van der Waals surface area contributed by atoms with Crippen LogP contribution in [0.15, 0.2) is 49.1 Å². The molecule has 0 bridgehead atoms. The van der Waals surface area contributed by atoms with Crippen molar-refractivity contribution in [2.45, 2.75) is 33.4 Å². The summed E-state index contributed by atoms with van der Waals surface area (Å²) >= 11 is 0. The van der Waals surface area contributed by atoms with Crippen molar-refractivity contribution in [2.24, 2.45) is 0 Å². The molecule has 5 heteroatoms. The van der Waals surface area contributed by atoms with Crippen LogP contribution in [-0.4, -0.2) is 31.1 Å². The van der Waals surface area contributed by atoms with E-state index >= 15 is 0 Å². The molecule has 0 aromatic carbocycles. The fourth-order valence-electron chi connectivity index (χ4n) is 0.888. The number of hydrogen-bond acceptors (Lipinski definition) is 1. The number of nitrogens with zero attached hydrogens (tertiary/aromatic N) is 1. The first kappa shape index (κ1) is 24.3. The molecule has 1 amide bonds. The van der Waals surface area contributed by atoms with Gasteiger partial charge in [0.1, 0.15) is 0 Å². The number of rotatable bonds is 4. The Morgan fingerprint density at radius 3 is 1.81 bits per heavy atom. The van der Waals surface area contributed by atoms with E-state index in [9.17, 15) is 18.0 Å². The van der Waals surface area contributed by atoms with Gasteiger partial charge in [0, 0.05) is 14.1 Å². The first-order valence-electron chi connectivity index (χ1n) is 6.59. The number of carbonyl (C=O) groups is 1. The molecule has 0 aliphatic rings. The van der Waals surface area contributed by atoms with Crippen LogP contribution in [0.2, 0.25) is 0 Å². The van der Waals surface area contributed by atoms with Crippen molar-refractivity contribution in [1.82, 2.24) is 4.90 Å². The lowest BCUT2D eigenvalue weighted by Crippen LogP contribution is -2.35. The summed E-state index contributed by atoms with van der Waals surface area (Å²) in [5.74, 6) is -1.83. The first-order chi connectivity index (χ1) is 9.70. The van der Waals surface area contributed by atoms with Crippen LogP contribution in [-0.2, 0) is 4.79 Å². The second-order valence-electron chi connectivity index (χ2n) is 3.62. The van der Waals surface area contributed by atoms with Gasteiger partial charge in [-0.2, -0.15) is 13.2 Å². The predicted molar refractivity (Wildman–Crippen MR) is 84.0 cm³/mol. The van der Waals surface area contributed by atoms with Crippen molar-refractivity contribution in [3.63, 3.8) is 0 Å². The predicted octanol–water partition coefficient (Wildman–Crippen LogP) is 4.91. The molecule has 0 aliphatic heterocycles. The third-order valence-electron chi connectivity index (χ3n) is 1.84. The highest BCUT2D eigenvalue weighted by atomic mass is 19.4. The van der Waals surface area contributed by atoms with E-state index < -0.39 is 12.1 Å². The summed E-state index contributed by atoms with van der Waals surface area (Å²) in [6.07, 6.45) is 5.84. The molecule has 0 radical (unpaired) electrons. The van der Waals surface area contributed by atoms with Crippen molar-refractivity contribution in [3.8, 4) is 0 Å². The molecule has 0 rings (SSSR count). The van der Waals surface area contributed by atoms with Gasteiger partial charge in [0.25, 0.3) is 0 Å². The van der Waals surface area contributed by atoms with Gasteiger partial charge in [0.2, 0.25) is 0 Å². The van der Waals surface area contributed by atoms with E-state index in [4.69, 9.17) is 0 Å². The second-order valence-corrected chi connectivity index (χ2v) is 3.62. The standard InChI is InChI=1S/C10H14.C4H6F3NO.C2H6/c1-4-7-9-10(6-3)8-5-2;1-8(2)3(9)4(5,6)7;1-2/h4-5,7-9H,1-2,6H2,3H3;1-2H3;1-2H3/b9-7-,10-8-;;. The highest BCUT2D eigenvalue weighted by Gasteiger charge is 2.39. The molecule has 0 saturated heterocycles. The van der Waals surface area contributed by atoms with Crippen LogP contribution in [0.1, 0.15) is 27.2 Å². The number of alkyl halides is 3. The van der Waals surface area contributed by atoms with Gasteiger partial charge in [0.05, 0.1) is 0 Å². The molecule has 122 valence electrons. The van der Waals surface area contributed by atoms with Gasteiger partial charge >= 0.3 is 12.1 Å². The van der Waals surface area contributed by atoms with E-state index in [1.807, 2.05) is 32.1 Å². The summed E-state index contributed by atoms with van der Waals surface area (Å²) in [6.45, 7) is 13.3. The smallest absolute Gasteiger partial charge is 0.341 e. The molecule has 0 fully saturated rings. The summed E-state index contributed by atoms with van der Waals surface area (Å²) in [4.78, 5) is 10.5. The zero-order chi connectivity index (χ0) is 17.5. The number of halogens is 3. The van der Waals surface area contributed by atoms with Crippen LogP contribution in [0.25, 0.3) is 0 Å². The van der Waals surface area contributed by atoms with Crippen LogP contribution in [0.3, 0.4) is 0 Å². The van der Waals surface area contributed by atoms with Gasteiger partial charge in [-0.3, -0.25) is 4.79 Å². The maximum atomic E-state index is 11.3. The third kappa shape index (κ3) is 16.2. The fourth-order valence-corrected chi connectivity index (χ4v) is 0.888. The van der Waals surface area contributed by atoms with Crippen molar-refractivity contribution in [3.05, 3.63) is 49.1 Å². The zero-order valence-corrected chi connectivity index (χ0v) is 13.5. The van der Waals surface area contributed by atoms with Crippen LogP contribution in [0, 0.1) is 0 Å². The van der Waals surface area contributed by atoms with Crippen molar-refractivity contribution in [2.75, 3.05) is 14.1 Å². The average molecular weight is 305 g/mol. The molecule has 0 spiro atoms. The molecule has 0 unspecified atom stereocenters. The zero-order valence-electron chi connectivity index (χ0n) is 13.5. The van der Waals surface area contributed by atoms with Gasteiger partial charge in [-0.05, 0) is 12.0 Å². The second kappa shape index (κ2) is 14.6. The van der Waals surface area contributed by atoms with Crippen LogP contribution in [0.5, 0.6) is 0 Å². The highest BCUT2D eigenvalue weighted by Crippen LogP contribution is 2.16. The minimum atomic E-state index is -4.73. The molecule has 0 aromatic rings. The van der Waals surface area contributed by atoms with Gasteiger partial charge in [-0.25, -0.2) is 0 Å². The fraction of sp³-hybridized carbons (Fsp3) is 0.438. The molecule has 0 saturated carbocycles. The largest absolute Gasteiger partial charge is 0.471 e. The number of hydrogen-bond donors (Lipinski definition) is 0. The lowest BCUT2D eigenvalue weighted by atomic mass is 10.2. The maximum Gasteiger partial charge on any atom is 0.471 e. The Balaban J connectivity index is -0.000000277. The van der Waals surface area contributed by atoms with E-state index in [2.05, 4.69) is 20.1 Å². The van der Waals surface area contributed by atoms with Gasteiger partial charge in [0.15, 0.2) is 0 Å². The Morgan fingerprint density at radius 1 is 1.14 bits per heavy atom. The number of carbonyl (C=O) groups excluding carboxylic acids is 1. The van der Waals surface area contributed by atoms with E-state index in [0.29, 0.717) is 4.90 Å². The van der Waals surface area contributed by atoms with E-state index in [-0.39, 0.29) is 0 Å². The molecular weight excluding hydrogens is 279 g/mol. The minimum Gasteiger partial charge on any atom is -0.341 e. The lowest BCUT2D eigenvalue weighted by molar-refractivity contribution is -0.182. The Kier molecular flexibility index (Phi) is 16.9. The SMILES string of the molecule is C=C/C=C\C(=C/C=C)CC.CC.CN(C)C(=O)C(F)(F)F. The molecular formula is C16H26F3NO. The van der Waals surface area contributed by atoms with Crippen LogP contribution in [0.4, 0.5) is 13.2 Å². The van der Waals surface area contributed by atoms with E-state index in [1.165, 1.54) is 5.57 Å². The van der Waals surface area contributed by atoms with Gasteiger partial charge < -0.3 is 4.90 Å². The molecule has 0 aromatic heterocycles. The van der Waals surface area contributed by atoms with Crippen molar-refractivity contribution >= 4 is 5.91 Å². The molecule has 2 nitrogen and oxygen atoms in total. The molecule has 21 heavy (non-hydrogen) atoms. The molecule has 0 heterocycles. The Morgan fingerprint density at radius 2 is 1.62 bits per heavy atom. The minimum absolute atomic E-state index is 0.486. The quantitative estimate of drug-likeness (QED) is 0.675. The first-order valence-corrected chi connectivity index (χ1v) is 6.59. The van der Waals surface area contributed by atoms with Crippen molar-refractivity contribution in [1.29, 1.82) is 0 Å². The van der Waals surface area contributed by atoms with E-state index in [1.54, 1.807) is 12.2 Å². The Bertz CT molecular complexity index is 353. The monoisotopic (exact) mass is 305 g/mol. The topological polar surface area (TPSA) is 20.3 Å². The lowest BCUT2D eigenvalue weighted by Gasteiger charge is -2.11. The summed E-state index contributed by atoms with van der Waals surface area (Å²) in [5.41, 5.74) is 1.27. The normalized spacial score (nSPS) is 10.8. The van der Waals surface area contributed by atoms with Gasteiger partial charge in [-0.1, -0.05) is 64.3 Å². The van der Waals surface area contributed by atoms with Gasteiger partial charge in [-0.15, -0.1) is 0 Å². The number of amides is 1. The Labute approximate surface area is 126 Å². The highest BCUT2D eigenvalue weighted by molar-refractivity contribution is 5.81. The van der Waals surface area contributed by atoms with Crippen molar-refractivity contribution < 1.29 is 18.0 Å². The Hall–Kier alpha value is -1.78. The van der Waals surface area contributed by atoms with E-state index in [0.717, 1.165) is 20.5 Å². The summed E-state index contributed by atoms with van der Waals surface area (Å²) < 4.78 is 33.9. The van der Waals surface area contributed by atoms with Crippen LogP contribution >= 0.6 is 0 Å². The maximum absolute atomic E-state index is 11.3. The molecule has 0 atom stereocenters. The third-order valence-corrected chi connectivity index (χ3v) is 1.84. The molecule has 0 aliphatic carbocycles. The average Bonchev–Trinajstić information content (AvgIpc) is 2.44. The number of allylic oxidation sites excluding steroid dienone is 6.